The van der Waals surface area contributed by atoms with Gasteiger partial charge in [-0.15, -0.1) is 0 Å². The zero-order valence-electron chi connectivity index (χ0n) is 8.95. The van der Waals surface area contributed by atoms with E-state index in [0.717, 1.165) is 0 Å². The molecule has 4 nitrogen and oxygen atoms in total. The van der Waals surface area contributed by atoms with Crippen molar-refractivity contribution in [3.05, 3.63) is 33.6 Å². The van der Waals surface area contributed by atoms with Crippen molar-refractivity contribution in [1.82, 2.24) is 4.98 Å². The van der Waals surface area contributed by atoms with Crippen molar-refractivity contribution in [2.24, 2.45) is 0 Å². The van der Waals surface area contributed by atoms with Crippen molar-refractivity contribution >= 4 is 28.5 Å². The molecule has 0 aliphatic heterocycles. The minimum Gasteiger partial charge on any atom is -0.389 e. The van der Waals surface area contributed by atoms with Crippen LogP contribution in [0.15, 0.2) is 27.4 Å². The predicted molar refractivity (Wildman–Crippen MR) is 64.0 cm³/mol. The average molecular weight is 239 g/mol. The highest BCUT2D eigenvalue weighted by molar-refractivity contribution is 6.31. The maximum atomic E-state index is 11.6. The van der Waals surface area contributed by atoms with Gasteiger partial charge in [-0.3, -0.25) is 0 Å². The van der Waals surface area contributed by atoms with Crippen LogP contribution in [0.1, 0.15) is 13.8 Å². The molecule has 0 saturated carbocycles. The van der Waals surface area contributed by atoms with Crippen molar-refractivity contribution in [3.8, 4) is 0 Å². The van der Waals surface area contributed by atoms with E-state index in [2.05, 4.69) is 10.3 Å². The quantitative estimate of drug-likeness (QED) is 0.874. The van der Waals surface area contributed by atoms with Crippen LogP contribution in [0.3, 0.4) is 0 Å². The molecule has 1 aromatic heterocycles. The average Bonchev–Trinajstić information content (AvgIpc) is 2.15. The summed E-state index contributed by atoms with van der Waals surface area (Å²) in [6.07, 6.45) is 0. The fraction of sp³-hybridized carbons (Fsp3) is 0.273. The van der Waals surface area contributed by atoms with Crippen LogP contribution in [0.4, 0.5) is 6.01 Å². The molecule has 5 heteroatoms. The normalized spacial score (nSPS) is 11.0. The number of aromatic nitrogens is 1. The first-order valence-corrected chi connectivity index (χ1v) is 5.31. The van der Waals surface area contributed by atoms with Gasteiger partial charge in [-0.2, -0.15) is 4.98 Å². The molecule has 1 N–H and O–H groups in total. The molecule has 0 fully saturated rings. The third kappa shape index (κ3) is 2.17. The lowest BCUT2D eigenvalue weighted by Crippen LogP contribution is -2.14. The van der Waals surface area contributed by atoms with Crippen LogP contribution < -0.4 is 10.9 Å². The number of fused-ring (bicyclic) bond motifs is 1. The number of nitrogens with zero attached hydrogens (tertiary/aromatic N) is 1. The first kappa shape index (κ1) is 11.0. The van der Waals surface area contributed by atoms with Crippen molar-refractivity contribution < 1.29 is 4.42 Å². The Labute approximate surface area is 97.2 Å². The minimum atomic E-state index is -0.412. The number of anilines is 1. The smallest absolute Gasteiger partial charge is 0.348 e. The second-order valence-corrected chi connectivity index (χ2v) is 4.20. The van der Waals surface area contributed by atoms with Crippen molar-refractivity contribution in [3.63, 3.8) is 0 Å². The Hall–Kier alpha value is -1.55. The van der Waals surface area contributed by atoms with E-state index < -0.39 is 5.63 Å². The lowest BCUT2D eigenvalue weighted by atomic mass is 10.2. The summed E-state index contributed by atoms with van der Waals surface area (Å²) in [4.78, 5) is 15.8. The van der Waals surface area contributed by atoms with E-state index in [1.807, 2.05) is 13.8 Å². The zero-order chi connectivity index (χ0) is 11.7. The predicted octanol–water partition coefficient (Wildman–Crippen LogP) is 2.66. The number of rotatable bonds is 2. The topological polar surface area (TPSA) is 55.1 Å². The lowest BCUT2D eigenvalue weighted by molar-refractivity contribution is 0.511. The molecule has 2 aromatic rings. The molecule has 0 aliphatic carbocycles. The van der Waals surface area contributed by atoms with Crippen LogP contribution in [-0.4, -0.2) is 11.0 Å². The second kappa shape index (κ2) is 4.14. The molecule has 0 atom stereocenters. The molecule has 1 aromatic carbocycles. The summed E-state index contributed by atoms with van der Waals surface area (Å²) in [5, 5.41) is 3.91. The van der Waals surface area contributed by atoms with Crippen molar-refractivity contribution in [2.75, 3.05) is 5.32 Å². The van der Waals surface area contributed by atoms with Gasteiger partial charge in [-0.25, -0.2) is 4.79 Å². The molecule has 0 spiro atoms. The molecule has 16 heavy (non-hydrogen) atoms. The molecule has 2 rings (SSSR count). The van der Waals surface area contributed by atoms with Gasteiger partial charge >= 0.3 is 5.63 Å². The highest BCUT2D eigenvalue weighted by Crippen LogP contribution is 2.16. The van der Waals surface area contributed by atoms with Gasteiger partial charge in [0, 0.05) is 11.1 Å². The molecule has 0 amide bonds. The largest absolute Gasteiger partial charge is 0.389 e. The summed E-state index contributed by atoms with van der Waals surface area (Å²) in [5.74, 6) is 0. The molecule has 0 aliphatic rings. The Morgan fingerprint density at radius 3 is 2.88 bits per heavy atom. The van der Waals surface area contributed by atoms with Gasteiger partial charge in [-0.1, -0.05) is 11.6 Å². The van der Waals surface area contributed by atoms with E-state index in [0.29, 0.717) is 15.9 Å². The fourth-order valence-electron chi connectivity index (χ4n) is 1.35. The molecule has 1 heterocycles. The summed E-state index contributed by atoms with van der Waals surface area (Å²) in [6, 6.07) is 5.24. The zero-order valence-corrected chi connectivity index (χ0v) is 9.71. The molecule has 0 saturated heterocycles. The van der Waals surface area contributed by atoms with Gasteiger partial charge in [0.1, 0.15) is 0 Å². The van der Waals surface area contributed by atoms with E-state index >= 15 is 0 Å². The third-order valence-corrected chi connectivity index (χ3v) is 2.24. The van der Waals surface area contributed by atoms with Gasteiger partial charge in [0.25, 0.3) is 6.01 Å². The van der Waals surface area contributed by atoms with Crippen molar-refractivity contribution in [2.45, 2.75) is 19.9 Å². The minimum absolute atomic E-state index is 0.146. The van der Waals surface area contributed by atoms with Gasteiger partial charge in [0.2, 0.25) is 0 Å². The van der Waals surface area contributed by atoms with Gasteiger partial charge in [0.05, 0.1) is 10.9 Å². The number of nitrogens with one attached hydrogen (secondary N) is 1. The monoisotopic (exact) mass is 238 g/mol. The van der Waals surface area contributed by atoms with E-state index in [-0.39, 0.29) is 12.1 Å². The fourth-order valence-corrected chi connectivity index (χ4v) is 1.52. The maximum absolute atomic E-state index is 11.6. The third-order valence-electron chi connectivity index (χ3n) is 2.00. The summed E-state index contributed by atoms with van der Waals surface area (Å²) in [6.45, 7) is 3.87. The number of hydrogen-bond acceptors (Lipinski definition) is 4. The van der Waals surface area contributed by atoms with Crippen LogP contribution in [-0.2, 0) is 0 Å². The molecular formula is C11H11ClN2O2. The Kier molecular flexibility index (Phi) is 2.83. The first-order chi connectivity index (χ1) is 7.56. The second-order valence-electron chi connectivity index (χ2n) is 3.77. The summed E-state index contributed by atoms with van der Waals surface area (Å²) < 4.78 is 5.02. The van der Waals surface area contributed by atoms with Crippen LogP contribution in [0.25, 0.3) is 10.9 Å². The van der Waals surface area contributed by atoms with Gasteiger partial charge < -0.3 is 9.73 Å². The highest BCUT2D eigenvalue weighted by Gasteiger charge is 2.07. The van der Waals surface area contributed by atoms with Gasteiger partial charge in [-0.05, 0) is 32.0 Å². The van der Waals surface area contributed by atoms with E-state index in [9.17, 15) is 4.79 Å². The van der Waals surface area contributed by atoms with E-state index in [1.54, 1.807) is 18.2 Å². The molecular weight excluding hydrogens is 228 g/mol. The van der Waals surface area contributed by atoms with E-state index in [1.165, 1.54) is 0 Å². The van der Waals surface area contributed by atoms with Crippen LogP contribution in [0.5, 0.6) is 0 Å². The Morgan fingerprint density at radius 1 is 1.44 bits per heavy atom. The Balaban J connectivity index is 2.61. The van der Waals surface area contributed by atoms with Gasteiger partial charge in [0.15, 0.2) is 0 Å². The lowest BCUT2D eigenvalue weighted by Gasteiger charge is -2.07. The molecule has 0 unspecified atom stereocenters. The standard InChI is InChI=1S/C11H11ClN2O2/c1-6(2)13-11-14-9-5-7(12)3-4-8(9)10(15)16-11/h3-6H,1-2H3,(H,13,14). The SMILES string of the molecule is CC(C)Nc1nc2cc(Cl)ccc2c(=O)o1. The first-order valence-electron chi connectivity index (χ1n) is 4.93. The number of hydrogen-bond donors (Lipinski definition) is 1. The Morgan fingerprint density at radius 2 is 2.19 bits per heavy atom. The Bertz CT molecular complexity index is 578. The highest BCUT2D eigenvalue weighted by atomic mass is 35.5. The summed E-state index contributed by atoms with van der Waals surface area (Å²) >= 11 is 5.84. The molecule has 0 bridgehead atoms. The molecule has 0 radical (unpaired) electrons. The maximum Gasteiger partial charge on any atom is 0.348 e. The van der Waals surface area contributed by atoms with E-state index in [4.69, 9.17) is 16.0 Å². The van der Waals surface area contributed by atoms with Crippen LogP contribution >= 0.6 is 11.6 Å². The van der Waals surface area contributed by atoms with Crippen molar-refractivity contribution in [1.29, 1.82) is 0 Å². The molecule has 84 valence electrons. The van der Waals surface area contributed by atoms with Crippen LogP contribution in [0, 0.1) is 0 Å². The van der Waals surface area contributed by atoms with Crippen LogP contribution in [0.2, 0.25) is 5.02 Å². The number of benzene rings is 1. The summed E-state index contributed by atoms with van der Waals surface area (Å²) in [5.41, 5.74) is 0.122. The number of halogens is 1. The summed E-state index contributed by atoms with van der Waals surface area (Å²) in [7, 11) is 0.